The number of hydrogen-bond acceptors (Lipinski definition) is 5. The maximum absolute atomic E-state index is 10.1. The molecule has 0 unspecified atom stereocenters. The van der Waals surface area contributed by atoms with Gasteiger partial charge in [0.2, 0.25) is 0 Å². The molecule has 1 atom stereocenters. The Morgan fingerprint density at radius 3 is 2.73 bits per heavy atom. The first-order valence-electron chi connectivity index (χ1n) is 7.20. The molecule has 0 aromatic heterocycles. The van der Waals surface area contributed by atoms with Gasteiger partial charge < -0.3 is 24.3 Å². The third kappa shape index (κ3) is 4.21. The first-order valence-corrected chi connectivity index (χ1v) is 7.20. The minimum Gasteiger partial charge on any atom is -0.491 e. The van der Waals surface area contributed by atoms with Crippen molar-refractivity contribution in [2.45, 2.75) is 12.5 Å². The molecule has 1 aromatic rings. The summed E-state index contributed by atoms with van der Waals surface area (Å²) in [4.78, 5) is 0. The SMILES string of the molecule is C=C(COC)C1=CC[C@H](c2ccc(OCCO)cc2)OB1O. The second kappa shape index (κ2) is 8.15. The molecule has 2 N–H and O–H groups in total. The Labute approximate surface area is 131 Å². The monoisotopic (exact) mass is 304 g/mol. The molecule has 0 aliphatic carbocycles. The third-order valence-electron chi connectivity index (χ3n) is 3.45. The van der Waals surface area contributed by atoms with Crippen LogP contribution in [0.1, 0.15) is 18.1 Å². The van der Waals surface area contributed by atoms with E-state index in [0.717, 1.165) is 11.1 Å². The zero-order chi connectivity index (χ0) is 15.9. The van der Waals surface area contributed by atoms with Crippen LogP contribution < -0.4 is 4.74 Å². The average Bonchev–Trinajstić information content (AvgIpc) is 2.53. The lowest BCUT2D eigenvalue weighted by Crippen LogP contribution is -2.29. The Hall–Kier alpha value is -1.60. The lowest BCUT2D eigenvalue weighted by atomic mass is 9.71. The predicted octanol–water partition coefficient (Wildman–Crippen LogP) is 1.67. The highest BCUT2D eigenvalue weighted by Gasteiger charge is 2.30. The normalized spacial score (nSPS) is 18.0. The van der Waals surface area contributed by atoms with Crippen molar-refractivity contribution in [1.29, 1.82) is 0 Å². The van der Waals surface area contributed by atoms with E-state index in [1.54, 1.807) is 7.11 Å². The van der Waals surface area contributed by atoms with Gasteiger partial charge in [-0.2, -0.15) is 0 Å². The van der Waals surface area contributed by atoms with Gasteiger partial charge in [-0.3, -0.25) is 0 Å². The van der Waals surface area contributed by atoms with E-state index in [-0.39, 0.29) is 19.3 Å². The van der Waals surface area contributed by atoms with Gasteiger partial charge in [0.25, 0.3) is 0 Å². The molecule has 1 aliphatic heterocycles. The van der Waals surface area contributed by atoms with Crippen LogP contribution >= 0.6 is 0 Å². The van der Waals surface area contributed by atoms with Gasteiger partial charge in [0.15, 0.2) is 0 Å². The van der Waals surface area contributed by atoms with Crippen LogP contribution in [0.4, 0.5) is 0 Å². The maximum atomic E-state index is 10.1. The first kappa shape index (κ1) is 16.8. The van der Waals surface area contributed by atoms with Crippen molar-refractivity contribution in [2.75, 3.05) is 26.9 Å². The molecule has 0 radical (unpaired) electrons. The summed E-state index contributed by atoms with van der Waals surface area (Å²) in [7, 11) is 0.595. The molecule has 0 amide bonds. The van der Waals surface area contributed by atoms with Gasteiger partial charge in [0.05, 0.1) is 19.3 Å². The Kier molecular flexibility index (Phi) is 6.21. The quantitative estimate of drug-likeness (QED) is 0.750. The molecule has 118 valence electrons. The molecule has 0 spiro atoms. The number of rotatable bonds is 7. The molecule has 0 saturated heterocycles. The van der Waals surface area contributed by atoms with E-state index >= 15 is 0 Å². The van der Waals surface area contributed by atoms with Crippen molar-refractivity contribution in [2.24, 2.45) is 0 Å². The molecule has 6 heteroatoms. The number of benzene rings is 1. The summed E-state index contributed by atoms with van der Waals surface area (Å²) in [6, 6.07) is 7.44. The Morgan fingerprint density at radius 1 is 1.41 bits per heavy atom. The Morgan fingerprint density at radius 2 is 2.14 bits per heavy atom. The third-order valence-corrected chi connectivity index (χ3v) is 3.45. The van der Waals surface area contributed by atoms with E-state index in [1.807, 2.05) is 30.3 Å². The van der Waals surface area contributed by atoms with Crippen molar-refractivity contribution in [1.82, 2.24) is 0 Å². The van der Waals surface area contributed by atoms with Gasteiger partial charge in [-0.25, -0.2) is 0 Å². The summed E-state index contributed by atoms with van der Waals surface area (Å²) < 4.78 is 16.0. The molecular formula is C16H21BO5. The summed E-state index contributed by atoms with van der Waals surface area (Å²) in [5.41, 5.74) is 2.37. The molecule has 22 heavy (non-hydrogen) atoms. The Balaban J connectivity index is 2.01. The smallest absolute Gasteiger partial charge is 0.491 e. The zero-order valence-electron chi connectivity index (χ0n) is 12.7. The molecular weight excluding hydrogens is 283 g/mol. The summed E-state index contributed by atoms with van der Waals surface area (Å²) in [6.07, 6.45) is 2.39. The topological polar surface area (TPSA) is 68.2 Å². The van der Waals surface area contributed by atoms with Crippen LogP contribution in [0.2, 0.25) is 0 Å². The van der Waals surface area contributed by atoms with Crippen molar-refractivity contribution < 1.29 is 24.3 Å². The fraction of sp³-hybridized carbons (Fsp3) is 0.375. The molecule has 2 rings (SSSR count). The first-order chi connectivity index (χ1) is 10.7. The summed E-state index contributed by atoms with van der Waals surface area (Å²) in [5.74, 6) is 0.693. The van der Waals surface area contributed by atoms with Crippen LogP contribution in [-0.4, -0.2) is 44.2 Å². The number of hydrogen-bond donors (Lipinski definition) is 2. The number of aliphatic hydroxyl groups is 1. The number of ether oxygens (including phenoxy) is 2. The van der Waals surface area contributed by atoms with Crippen LogP contribution in [0.5, 0.6) is 5.75 Å². The number of aliphatic hydroxyl groups excluding tert-OH is 1. The summed E-state index contributed by atoms with van der Waals surface area (Å²) >= 11 is 0. The largest absolute Gasteiger partial charge is 0.491 e. The maximum Gasteiger partial charge on any atom is 0.491 e. The number of methoxy groups -OCH3 is 1. The molecule has 0 bridgehead atoms. The van der Waals surface area contributed by atoms with Gasteiger partial charge in [-0.1, -0.05) is 24.8 Å². The molecule has 0 saturated carbocycles. The second-order valence-electron chi connectivity index (χ2n) is 5.05. The van der Waals surface area contributed by atoms with E-state index in [9.17, 15) is 5.02 Å². The van der Waals surface area contributed by atoms with Crippen molar-refractivity contribution >= 4 is 7.12 Å². The van der Waals surface area contributed by atoms with Crippen LogP contribution in [-0.2, 0) is 9.39 Å². The van der Waals surface area contributed by atoms with E-state index in [2.05, 4.69) is 6.58 Å². The van der Waals surface area contributed by atoms with Crippen LogP contribution in [0, 0.1) is 0 Å². The second-order valence-corrected chi connectivity index (χ2v) is 5.05. The molecule has 1 heterocycles. The lowest BCUT2D eigenvalue weighted by molar-refractivity contribution is 0.166. The van der Waals surface area contributed by atoms with Crippen LogP contribution in [0.3, 0.4) is 0 Å². The van der Waals surface area contributed by atoms with E-state index in [4.69, 9.17) is 19.2 Å². The lowest BCUT2D eigenvalue weighted by Gasteiger charge is -2.26. The highest BCUT2D eigenvalue weighted by molar-refractivity contribution is 6.54. The molecule has 0 fully saturated rings. The van der Waals surface area contributed by atoms with Crippen molar-refractivity contribution in [3.05, 3.63) is 53.5 Å². The highest BCUT2D eigenvalue weighted by Crippen LogP contribution is 2.31. The average molecular weight is 304 g/mol. The fourth-order valence-corrected chi connectivity index (χ4v) is 2.35. The summed E-state index contributed by atoms with van der Waals surface area (Å²) in [6.45, 7) is 4.51. The summed E-state index contributed by atoms with van der Waals surface area (Å²) in [5, 5.41) is 18.8. The van der Waals surface area contributed by atoms with E-state index in [0.29, 0.717) is 24.2 Å². The van der Waals surface area contributed by atoms with Gasteiger partial charge in [-0.05, 0) is 35.2 Å². The van der Waals surface area contributed by atoms with Gasteiger partial charge in [0.1, 0.15) is 12.4 Å². The van der Waals surface area contributed by atoms with Gasteiger partial charge >= 0.3 is 7.12 Å². The van der Waals surface area contributed by atoms with Gasteiger partial charge in [0, 0.05) is 7.11 Å². The van der Waals surface area contributed by atoms with E-state index < -0.39 is 7.12 Å². The predicted molar refractivity (Wildman–Crippen MR) is 84.5 cm³/mol. The van der Waals surface area contributed by atoms with Gasteiger partial charge in [-0.15, -0.1) is 0 Å². The highest BCUT2D eigenvalue weighted by atomic mass is 16.5. The van der Waals surface area contributed by atoms with E-state index in [1.165, 1.54) is 0 Å². The minimum absolute atomic E-state index is 0.0153. The fourth-order valence-electron chi connectivity index (χ4n) is 2.35. The zero-order valence-corrected chi connectivity index (χ0v) is 12.7. The standard InChI is InChI=1S/C16H21BO5/c1-12(11-20-2)15-7-8-16(22-17(15)19)13-3-5-14(6-4-13)21-10-9-18/h3-7,16,18-19H,1,8-11H2,2H3/t16-/m1/s1. The van der Waals surface area contributed by atoms with Crippen LogP contribution in [0.25, 0.3) is 0 Å². The van der Waals surface area contributed by atoms with Crippen molar-refractivity contribution in [3.63, 3.8) is 0 Å². The Bertz CT molecular complexity index is 526. The minimum atomic E-state index is -0.994. The molecule has 1 aromatic carbocycles. The van der Waals surface area contributed by atoms with Crippen LogP contribution in [0.15, 0.2) is 48.0 Å². The van der Waals surface area contributed by atoms with Crippen molar-refractivity contribution in [3.8, 4) is 5.75 Å². The molecule has 1 aliphatic rings. The molecule has 5 nitrogen and oxygen atoms in total.